The highest BCUT2D eigenvalue weighted by atomic mass is 35.5. The minimum absolute atomic E-state index is 0.190. The molecule has 1 aromatic heterocycles. The highest BCUT2D eigenvalue weighted by molar-refractivity contribution is 6.41. The first-order chi connectivity index (χ1) is 7.18. The molecule has 15 heavy (non-hydrogen) atoms. The van der Waals surface area contributed by atoms with Crippen molar-refractivity contribution in [2.45, 2.75) is 6.42 Å². The van der Waals surface area contributed by atoms with Crippen LogP contribution in [-0.4, -0.2) is 29.1 Å². The molecule has 1 amide bonds. The highest BCUT2D eigenvalue weighted by Crippen LogP contribution is 2.21. The van der Waals surface area contributed by atoms with E-state index in [0.717, 1.165) is 6.42 Å². The van der Waals surface area contributed by atoms with Gasteiger partial charge in [-0.3, -0.25) is 9.63 Å². The van der Waals surface area contributed by atoms with Crippen LogP contribution >= 0.6 is 23.2 Å². The van der Waals surface area contributed by atoms with Crippen molar-refractivity contribution in [1.29, 1.82) is 0 Å². The van der Waals surface area contributed by atoms with Gasteiger partial charge in [-0.05, 0) is 12.5 Å². The third-order valence-electron chi connectivity index (χ3n) is 2.02. The van der Waals surface area contributed by atoms with Crippen molar-refractivity contribution >= 4 is 29.1 Å². The Morgan fingerprint density at radius 1 is 1.53 bits per heavy atom. The molecule has 0 atom stereocenters. The van der Waals surface area contributed by atoms with Gasteiger partial charge in [0.25, 0.3) is 5.91 Å². The maximum atomic E-state index is 11.8. The lowest BCUT2D eigenvalue weighted by molar-refractivity contribution is -0.0768. The van der Waals surface area contributed by atoms with Gasteiger partial charge in [0.15, 0.2) is 0 Å². The fourth-order valence-corrected chi connectivity index (χ4v) is 1.56. The van der Waals surface area contributed by atoms with Crippen LogP contribution in [-0.2, 0) is 4.84 Å². The number of hydrogen-bond donors (Lipinski definition) is 0. The Hall–Kier alpha value is -0.840. The smallest absolute Gasteiger partial charge is 0.271 e. The van der Waals surface area contributed by atoms with E-state index in [1.165, 1.54) is 17.3 Å². The number of pyridine rings is 1. The van der Waals surface area contributed by atoms with Gasteiger partial charge in [-0.15, -0.1) is 0 Å². The molecule has 1 aromatic rings. The Labute approximate surface area is 96.7 Å². The Morgan fingerprint density at radius 3 is 2.93 bits per heavy atom. The second-order valence-electron chi connectivity index (χ2n) is 3.09. The van der Waals surface area contributed by atoms with Crippen LogP contribution in [0.5, 0.6) is 0 Å². The van der Waals surface area contributed by atoms with Crippen LogP contribution in [0.2, 0.25) is 10.2 Å². The molecule has 2 rings (SSSR count). The molecule has 0 saturated carbocycles. The number of amides is 1. The molecule has 0 radical (unpaired) electrons. The van der Waals surface area contributed by atoms with E-state index in [1.807, 2.05) is 0 Å². The van der Waals surface area contributed by atoms with Crippen molar-refractivity contribution in [2.24, 2.45) is 0 Å². The van der Waals surface area contributed by atoms with E-state index in [2.05, 4.69) is 4.98 Å². The van der Waals surface area contributed by atoms with E-state index >= 15 is 0 Å². The van der Waals surface area contributed by atoms with Crippen molar-refractivity contribution in [3.63, 3.8) is 0 Å². The molecule has 1 aliphatic rings. The van der Waals surface area contributed by atoms with Crippen LogP contribution in [0.4, 0.5) is 0 Å². The van der Waals surface area contributed by atoms with Crippen LogP contribution in [0.25, 0.3) is 0 Å². The predicted octanol–water partition coefficient (Wildman–Crippen LogP) is 2.17. The Kier molecular flexibility index (Phi) is 3.09. The van der Waals surface area contributed by atoms with Gasteiger partial charge in [0, 0.05) is 6.20 Å². The molecular formula is C9H8Cl2N2O2. The number of rotatable bonds is 1. The maximum absolute atomic E-state index is 11.8. The van der Waals surface area contributed by atoms with Crippen LogP contribution in [0, 0.1) is 0 Å². The summed E-state index contributed by atoms with van der Waals surface area (Å²) in [4.78, 5) is 20.7. The molecule has 0 N–H and O–H groups in total. The van der Waals surface area contributed by atoms with E-state index in [1.54, 1.807) is 0 Å². The minimum atomic E-state index is -0.237. The fraction of sp³-hybridized carbons (Fsp3) is 0.333. The summed E-state index contributed by atoms with van der Waals surface area (Å²) in [5.41, 5.74) is 0.381. The maximum Gasteiger partial charge on any atom is 0.279 e. The van der Waals surface area contributed by atoms with Crippen molar-refractivity contribution in [2.75, 3.05) is 13.2 Å². The number of hydroxylamine groups is 2. The molecule has 1 fully saturated rings. The lowest BCUT2D eigenvalue weighted by Crippen LogP contribution is -2.26. The molecular weight excluding hydrogens is 239 g/mol. The van der Waals surface area contributed by atoms with Gasteiger partial charge in [0.05, 0.1) is 23.7 Å². The average molecular weight is 247 g/mol. The van der Waals surface area contributed by atoms with E-state index in [0.29, 0.717) is 18.7 Å². The second kappa shape index (κ2) is 4.35. The molecule has 0 bridgehead atoms. The van der Waals surface area contributed by atoms with E-state index < -0.39 is 0 Å². The molecule has 0 aromatic carbocycles. The highest BCUT2D eigenvalue weighted by Gasteiger charge is 2.21. The number of halogens is 2. The molecule has 2 heterocycles. The monoisotopic (exact) mass is 246 g/mol. The van der Waals surface area contributed by atoms with Gasteiger partial charge >= 0.3 is 0 Å². The van der Waals surface area contributed by atoms with Crippen molar-refractivity contribution in [3.8, 4) is 0 Å². The topological polar surface area (TPSA) is 42.4 Å². The van der Waals surface area contributed by atoms with E-state index in [4.69, 9.17) is 28.0 Å². The summed E-state index contributed by atoms with van der Waals surface area (Å²) in [6, 6.07) is 1.49. The Morgan fingerprint density at radius 2 is 2.33 bits per heavy atom. The number of carbonyl (C=O) groups excluding carboxylic acids is 1. The number of nitrogens with zero attached hydrogens (tertiary/aromatic N) is 2. The number of aromatic nitrogens is 1. The quantitative estimate of drug-likeness (QED) is 0.714. The first kappa shape index (κ1) is 10.7. The normalized spacial score (nSPS) is 15.7. The molecule has 6 heteroatoms. The summed E-state index contributed by atoms with van der Waals surface area (Å²) in [5, 5.41) is 1.76. The minimum Gasteiger partial charge on any atom is -0.271 e. The van der Waals surface area contributed by atoms with Crippen molar-refractivity contribution in [1.82, 2.24) is 10.0 Å². The molecule has 80 valence electrons. The average Bonchev–Trinajstić information content (AvgIpc) is 2.74. The largest absolute Gasteiger partial charge is 0.279 e. The van der Waals surface area contributed by atoms with Crippen molar-refractivity contribution in [3.05, 3.63) is 28.0 Å². The molecule has 1 aliphatic heterocycles. The second-order valence-corrected chi connectivity index (χ2v) is 3.86. The van der Waals surface area contributed by atoms with E-state index in [9.17, 15) is 4.79 Å². The SMILES string of the molecule is O=C(c1cnc(Cl)c(Cl)c1)N1CCCO1. The lowest BCUT2D eigenvalue weighted by atomic mass is 10.2. The first-order valence-electron chi connectivity index (χ1n) is 4.44. The summed E-state index contributed by atoms with van der Waals surface area (Å²) >= 11 is 11.4. The first-order valence-corrected chi connectivity index (χ1v) is 5.20. The Balaban J connectivity index is 2.21. The zero-order valence-electron chi connectivity index (χ0n) is 7.74. The molecule has 0 spiro atoms. The van der Waals surface area contributed by atoms with Crippen LogP contribution < -0.4 is 0 Å². The van der Waals surface area contributed by atoms with Crippen molar-refractivity contribution < 1.29 is 9.63 Å². The third kappa shape index (κ3) is 2.22. The standard InChI is InChI=1S/C9H8Cl2N2O2/c10-7-4-6(5-12-8(7)11)9(14)13-2-1-3-15-13/h4-5H,1-3H2. The summed E-state index contributed by atoms with van der Waals surface area (Å²) in [6.45, 7) is 1.17. The van der Waals surface area contributed by atoms with Gasteiger partial charge in [-0.2, -0.15) is 0 Å². The van der Waals surface area contributed by atoms with Crippen LogP contribution in [0.3, 0.4) is 0 Å². The van der Waals surface area contributed by atoms with Crippen LogP contribution in [0.1, 0.15) is 16.8 Å². The summed E-state index contributed by atoms with van der Waals surface area (Å²) in [7, 11) is 0. The molecule has 0 unspecified atom stereocenters. The molecule has 0 aliphatic carbocycles. The van der Waals surface area contributed by atoms with Gasteiger partial charge in [-0.1, -0.05) is 23.2 Å². The lowest BCUT2D eigenvalue weighted by Gasteiger charge is -2.13. The Bertz CT molecular complexity index is 392. The summed E-state index contributed by atoms with van der Waals surface area (Å²) in [6.07, 6.45) is 2.23. The zero-order valence-corrected chi connectivity index (χ0v) is 9.25. The number of hydrogen-bond acceptors (Lipinski definition) is 3. The van der Waals surface area contributed by atoms with Crippen LogP contribution in [0.15, 0.2) is 12.3 Å². The van der Waals surface area contributed by atoms with Gasteiger partial charge < -0.3 is 0 Å². The van der Waals surface area contributed by atoms with Gasteiger partial charge in [0.2, 0.25) is 0 Å². The van der Waals surface area contributed by atoms with Gasteiger partial charge in [0.1, 0.15) is 5.15 Å². The molecule has 4 nitrogen and oxygen atoms in total. The summed E-state index contributed by atoms with van der Waals surface area (Å²) in [5.74, 6) is -0.237. The summed E-state index contributed by atoms with van der Waals surface area (Å²) < 4.78 is 0. The number of carbonyl (C=O) groups is 1. The third-order valence-corrected chi connectivity index (χ3v) is 2.71. The fourth-order valence-electron chi connectivity index (χ4n) is 1.29. The predicted molar refractivity (Wildman–Crippen MR) is 55.9 cm³/mol. The molecule has 1 saturated heterocycles. The van der Waals surface area contributed by atoms with Gasteiger partial charge in [-0.25, -0.2) is 10.0 Å². The zero-order chi connectivity index (χ0) is 10.8. The van der Waals surface area contributed by atoms with E-state index in [-0.39, 0.29) is 16.1 Å².